The van der Waals surface area contributed by atoms with Crippen LogP contribution >= 0.6 is 0 Å². The highest BCUT2D eigenvalue weighted by Crippen LogP contribution is 2.55. The summed E-state index contributed by atoms with van der Waals surface area (Å²) >= 11 is 0. The summed E-state index contributed by atoms with van der Waals surface area (Å²) in [5, 5.41) is 9.22. The molecule has 0 saturated heterocycles. The second kappa shape index (κ2) is 25.2. The predicted molar refractivity (Wildman–Crippen MR) is 427 cm³/mol. The first kappa shape index (κ1) is 66.7. The lowest BCUT2D eigenvalue weighted by molar-refractivity contribution is 0.590. The Balaban J connectivity index is 1.04. The number of fused-ring (bicyclic) bond motifs is 4. The van der Waals surface area contributed by atoms with Crippen molar-refractivity contribution >= 4 is 111 Å². The van der Waals surface area contributed by atoms with Crippen LogP contribution in [0.15, 0.2) is 267 Å². The Kier molecular flexibility index (Phi) is 17.1. The van der Waals surface area contributed by atoms with Crippen molar-refractivity contribution in [2.75, 3.05) is 19.6 Å². The SMILES string of the molecule is CC(C)(C)c1ccc(N(c2ccc(N(c3ccc(C(C)(C)C)cc3)c3c4ccccc4c(N(c4ccc(C(C)(C)C)cc4)c4ccc(C(C)(C)C)cc4)c4ccccc34)cc2)c2c3ccccc3c(N(c3ccc(C(C)(C)C)cc3)c3ccc(C(C)(C)C)cc3)c3ccccc23)cc1. The molecule has 0 amide bonds. The van der Waals surface area contributed by atoms with Crippen molar-refractivity contribution < 1.29 is 0 Å². The van der Waals surface area contributed by atoms with Gasteiger partial charge in [-0.3, -0.25) is 0 Å². The molecule has 0 aliphatic carbocycles. The quantitative estimate of drug-likeness (QED) is 0.0893. The van der Waals surface area contributed by atoms with Crippen LogP contribution in [0.1, 0.15) is 158 Å². The molecule has 13 aromatic rings. The number of anilines is 12. The summed E-state index contributed by atoms with van der Waals surface area (Å²) < 4.78 is 0. The summed E-state index contributed by atoms with van der Waals surface area (Å²) in [6.45, 7) is 41.3. The maximum Gasteiger partial charge on any atom is 0.0619 e. The van der Waals surface area contributed by atoms with Gasteiger partial charge in [-0.05, 0) is 163 Å². The molecule has 0 radical (unpaired) electrons. The van der Waals surface area contributed by atoms with E-state index in [1.54, 1.807) is 0 Å². The molecule has 0 spiro atoms. The van der Waals surface area contributed by atoms with Crippen LogP contribution in [-0.4, -0.2) is 0 Å². The third kappa shape index (κ3) is 12.9. The van der Waals surface area contributed by atoms with Crippen LogP contribution in [-0.2, 0) is 32.5 Å². The number of rotatable bonds is 12. The summed E-state index contributed by atoms with van der Waals surface area (Å²) in [5.41, 5.74) is 20.9. The number of hydrogen-bond acceptors (Lipinski definition) is 4. The Hall–Kier alpha value is -9.90. The monoisotopic (exact) mass is 1280 g/mol. The molecule has 0 aromatic heterocycles. The van der Waals surface area contributed by atoms with Crippen LogP contribution in [0, 0.1) is 0 Å². The van der Waals surface area contributed by atoms with E-state index in [0.717, 1.165) is 111 Å². The Morgan fingerprint density at radius 3 is 0.347 bits per heavy atom. The molecule has 0 heterocycles. The van der Waals surface area contributed by atoms with Gasteiger partial charge in [0.25, 0.3) is 0 Å². The molecule has 4 nitrogen and oxygen atoms in total. The summed E-state index contributed by atoms with van der Waals surface area (Å²) in [6.07, 6.45) is 0. The van der Waals surface area contributed by atoms with Gasteiger partial charge >= 0.3 is 0 Å². The average molecular weight is 1280 g/mol. The van der Waals surface area contributed by atoms with Gasteiger partial charge in [-0.15, -0.1) is 0 Å². The minimum absolute atomic E-state index is 0.00134. The molecule has 4 heteroatoms. The largest absolute Gasteiger partial charge is 0.309 e. The van der Waals surface area contributed by atoms with Crippen LogP contribution in [0.5, 0.6) is 0 Å². The summed E-state index contributed by atoms with van der Waals surface area (Å²) in [5.74, 6) is 0. The fourth-order valence-corrected chi connectivity index (χ4v) is 14.2. The molecule has 494 valence electrons. The van der Waals surface area contributed by atoms with Crippen molar-refractivity contribution in [3.05, 3.63) is 300 Å². The fraction of sp³-hybridized carbons (Fsp3) is 0.255. The minimum Gasteiger partial charge on any atom is -0.309 e. The van der Waals surface area contributed by atoms with Gasteiger partial charge in [0.05, 0.1) is 22.7 Å². The van der Waals surface area contributed by atoms with Gasteiger partial charge in [0.2, 0.25) is 0 Å². The lowest BCUT2D eigenvalue weighted by Gasteiger charge is -2.34. The molecule has 13 rings (SSSR count). The van der Waals surface area contributed by atoms with E-state index in [-0.39, 0.29) is 32.5 Å². The molecule has 0 atom stereocenters. The summed E-state index contributed by atoms with van der Waals surface area (Å²) in [7, 11) is 0. The Labute approximate surface area is 584 Å². The van der Waals surface area contributed by atoms with E-state index < -0.39 is 0 Å². The lowest BCUT2D eigenvalue weighted by atomic mass is 9.86. The molecule has 0 saturated carbocycles. The van der Waals surface area contributed by atoms with E-state index in [2.05, 4.69) is 411 Å². The van der Waals surface area contributed by atoms with Crippen LogP contribution in [0.3, 0.4) is 0 Å². The van der Waals surface area contributed by atoms with Crippen molar-refractivity contribution in [2.24, 2.45) is 0 Å². The van der Waals surface area contributed by atoms with Crippen molar-refractivity contribution in [2.45, 2.75) is 157 Å². The van der Waals surface area contributed by atoms with Gasteiger partial charge < -0.3 is 19.6 Å². The third-order valence-electron chi connectivity index (χ3n) is 20.0. The van der Waals surface area contributed by atoms with E-state index in [9.17, 15) is 0 Å². The van der Waals surface area contributed by atoms with Crippen LogP contribution < -0.4 is 19.6 Å². The molecule has 0 aliphatic rings. The van der Waals surface area contributed by atoms with Gasteiger partial charge in [0.1, 0.15) is 0 Å². The van der Waals surface area contributed by atoms with Gasteiger partial charge in [-0.1, -0.05) is 294 Å². The summed E-state index contributed by atoms with van der Waals surface area (Å²) in [4.78, 5) is 10.0. The average Bonchev–Trinajstić information content (AvgIpc) is 0.728. The number of hydrogen-bond donors (Lipinski definition) is 0. The van der Waals surface area contributed by atoms with E-state index in [0.29, 0.717) is 0 Å². The van der Waals surface area contributed by atoms with Gasteiger partial charge in [0.15, 0.2) is 0 Å². The second-order valence-corrected chi connectivity index (χ2v) is 33.2. The van der Waals surface area contributed by atoms with E-state index in [1.165, 1.54) is 33.4 Å². The zero-order valence-corrected chi connectivity index (χ0v) is 61.2. The zero-order chi connectivity index (χ0) is 69.4. The second-order valence-electron chi connectivity index (χ2n) is 33.2. The van der Waals surface area contributed by atoms with Crippen molar-refractivity contribution in [3.63, 3.8) is 0 Å². The molecule has 0 aliphatic heterocycles. The lowest BCUT2D eigenvalue weighted by Crippen LogP contribution is -2.17. The van der Waals surface area contributed by atoms with Crippen LogP contribution in [0.4, 0.5) is 68.2 Å². The molecular weight excluding hydrogens is 1190 g/mol. The number of benzene rings is 13. The molecule has 13 aromatic carbocycles. The predicted octanol–water partition coefficient (Wildman–Crippen LogP) is 28.0. The molecule has 0 fully saturated rings. The molecule has 0 N–H and O–H groups in total. The highest BCUT2D eigenvalue weighted by molar-refractivity contribution is 6.25. The van der Waals surface area contributed by atoms with Gasteiger partial charge in [-0.25, -0.2) is 0 Å². The molecular formula is C94H98N4. The first-order valence-corrected chi connectivity index (χ1v) is 35.2. The minimum atomic E-state index is -0.0412. The topological polar surface area (TPSA) is 13.0 Å². The third-order valence-corrected chi connectivity index (χ3v) is 20.0. The van der Waals surface area contributed by atoms with E-state index >= 15 is 0 Å². The molecule has 0 unspecified atom stereocenters. The van der Waals surface area contributed by atoms with Crippen molar-refractivity contribution in [3.8, 4) is 0 Å². The Morgan fingerprint density at radius 1 is 0.143 bits per heavy atom. The van der Waals surface area contributed by atoms with Crippen molar-refractivity contribution in [1.82, 2.24) is 0 Å². The van der Waals surface area contributed by atoms with E-state index in [1.807, 2.05) is 0 Å². The normalized spacial score (nSPS) is 12.6. The van der Waals surface area contributed by atoms with Gasteiger partial charge in [-0.2, -0.15) is 0 Å². The van der Waals surface area contributed by atoms with Crippen LogP contribution in [0.25, 0.3) is 43.1 Å². The van der Waals surface area contributed by atoms with E-state index in [4.69, 9.17) is 0 Å². The molecule has 0 bridgehead atoms. The summed E-state index contributed by atoms with van der Waals surface area (Å²) in [6, 6.07) is 101. The number of nitrogens with zero attached hydrogens (tertiary/aromatic N) is 4. The Morgan fingerprint density at radius 2 is 0.245 bits per heavy atom. The first-order chi connectivity index (χ1) is 46.4. The Bertz CT molecular complexity index is 4470. The highest BCUT2D eigenvalue weighted by atomic mass is 15.2. The van der Waals surface area contributed by atoms with Crippen LogP contribution in [0.2, 0.25) is 0 Å². The maximum atomic E-state index is 2.52. The highest BCUT2D eigenvalue weighted by Gasteiger charge is 2.31. The fourth-order valence-electron chi connectivity index (χ4n) is 14.2. The van der Waals surface area contributed by atoms with Crippen molar-refractivity contribution in [1.29, 1.82) is 0 Å². The smallest absolute Gasteiger partial charge is 0.0619 e. The zero-order valence-electron chi connectivity index (χ0n) is 61.2. The van der Waals surface area contributed by atoms with Gasteiger partial charge in [0, 0.05) is 88.6 Å². The standard InChI is InChI=1S/C94H98N4/c1-89(2,3)63-35-47-69(48-36-63)95(70-49-37-64(38-50-70)90(4,5)6)85-77-27-19-23-31-81(77)87(82-32-24-20-28-78(82)85)97(73-55-43-67(44-56-73)93(13,14)15)75-59-61-76(62-60-75)98(74-57-45-68(46-58-74)94(16,17)18)88-83-33-25-21-29-79(83)86(80-30-22-26-34-84(80)88)96(71-51-39-65(40-52-71)91(7,8)9)72-53-41-66(42-54-72)92(10,11)12/h19-62H,1-18H3. The maximum absolute atomic E-state index is 2.52. The first-order valence-electron chi connectivity index (χ1n) is 35.2. The molecule has 98 heavy (non-hydrogen) atoms.